The van der Waals surface area contributed by atoms with Crippen LogP contribution < -0.4 is 9.47 Å². The number of carbonyl (C=O) groups is 1. The molecule has 0 saturated heterocycles. The van der Waals surface area contributed by atoms with E-state index in [0.29, 0.717) is 30.3 Å². The van der Waals surface area contributed by atoms with Crippen LogP contribution in [0.4, 0.5) is 0 Å². The fourth-order valence-corrected chi connectivity index (χ4v) is 2.94. The highest BCUT2D eigenvalue weighted by molar-refractivity contribution is 6.07. The predicted octanol–water partition coefficient (Wildman–Crippen LogP) is 6.33. The van der Waals surface area contributed by atoms with Crippen LogP contribution in [-0.2, 0) is 5.41 Å². The molecule has 0 aliphatic rings. The monoisotopic (exact) mass is 408 g/mol. The second kappa shape index (κ2) is 10.7. The summed E-state index contributed by atoms with van der Waals surface area (Å²) in [5.74, 6) is 1.36. The van der Waals surface area contributed by atoms with Gasteiger partial charge in [-0.1, -0.05) is 39.8 Å². The second-order valence-corrected chi connectivity index (χ2v) is 7.72. The van der Waals surface area contributed by atoms with Gasteiger partial charge in [-0.05, 0) is 55.3 Å². The molecule has 0 bridgehead atoms. The summed E-state index contributed by atoms with van der Waals surface area (Å²) < 4.78 is 12.1. The number of carbonyl (C=O) groups excluding carboxylic acids is 1. The molecule has 0 fully saturated rings. The highest BCUT2D eigenvalue weighted by Gasteiger charge is 2.25. The predicted molar refractivity (Wildman–Crippen MR) is 123 cm³/mol. The van der Waals surface area contributed by atoms with E-state index in [1.165, 1.54) is 18.2 Å². The zero-order chi connectivity index (χ0) is 22.1. The van der Waals surface area contributed by atoms with E-state index >= 15 is 0 Å². The number of phenols is 1. The van der Waals surface area contributed by atoms with Gasteiger partial charge in [-0.3, -0.25) is 4.79 Å². The van der Waals surface area contributed by atoms with E-state index in [1.54, 1.807) is 18.2 Å². The van der Waals surface area contributed by atoms with Crippen molar-refractivity contribution in [2.45, 2.75) is 46.0 Å². The maximum Gasteiger partial charge on any atom is 0.185 e. The molecule has 0 amide bonds. The summed E-state index contributed by atoms with van der Waals surface area (Å²) in [6.45, 7) is 13.4. The van der Waals surface area contributed by atoms with Crippen LogP contribution in [0, 0.1) is 0 Å². The van der Waals surface area contributed by atoms with Crippen molar-refractivity contribution < 1.29 is 19.4 Å². The first-order valence-electron chi connectivity index (χ1n) is 10.4. The molecule has 0 aliphatic carbocycles. The van der Waals surface area contributed by atoms with Gasteiger partial charge < -0.3 is 14.6 Å². The Labute approximate surface area is 179 Å². The lowest BCUT2D eigenvalue weighted by molar-refractivity contribution is 0.104. The third kappa shape index (κ3) is 5.76. The van der Waals surface area contributed by atoms with Crippen LogP contribution >= 0.6 is 0 Å². The van der Waals surface area contributed by atoms with Crippen LogP contribution in [0.25, 0.3) is 6.08 Å². The molecule has 160 valence electrons. The molecule has 2 aromatic carbocycles. The van der Waals surface area contributed by atoms with Crippen molar-refractivity contribution in [1.29, 1.82) is 0 Å². The summed E-state index contributed by atoms with van der Waals surface area (Å²) in [6.07, 6.45) is 6.91. The average molecular weight is 409 g/mol. The van der Waals surface area contributed by atoms with Crippen LogP contribution in [0.1, 0.15) is 62.0 Å². The number of benzene rings is 2. The number of phenolic OH excluding ortho intramolecular Hbond substituents is 1. The molecular formula is C26H32O4. The molecule has 0 radical (unpaired) electrons. The first-order valence-corrected chi connectivity index (χ1v) is 10.4. The van der Waals surface area contributed by atoms with E-state index in [-0.39, 0.29) is 16.9 Å². The first kappa shape index (κ1) is 23.3. The molecular weight excluding hydrogens is 376 g/mol. The van der Waals surface area contributed by atoms with Crippen molar-refractivity contribution in [1.82, 2.24) is 0 Å². The van der Waals surface area contributed by atoms with Crippen LogP contribution in [0.15, 0.2) is 55.1 Å². The molecule has 0 unspecified atom stereocenters. The van der Waals surface area contributed by atoms with Gasteiger partial charge in [-0.15, -0.1) is 6.58 Å². The molecule has 0 aromatic heterocycles. The maximum atomic E-state index is 12.7. The first-order chi connectivity index (χ1) is 14.3. The van der Waals surface area contributed by atoms with Gasteiger partial charge in [0.15, 0.2) is 5.78 Å². The Balaban J connectivity index is 2.55. The van der Waals surface area contributed by atoms with Crippen molar-refractivity contribution in [3.63, 3.8) is 0 Å². The molecule has 0 aliphatic heterocycles. The quantitative estimate of drug-likeness (QED) is 0.268. The Kier molecular flexibility index (Phi) is 8.28. The van der Waals surface area contributed by atoms with E-state index in [2.05, 4.69) is 27.4 Å². The van der Waals surface area contributed by atoms with Gasteiger partial charge in [0.2, 0.25) is 0 Å². The molecule has 2 rings (SSSR count). The summed E-state index contributed by atoms with van der Waals surface area (Å²) in [4.78, 5) is 12.7. The Morgan fingerprint density at radius 3 is 2.27 bits per heavy atom. The summed E-state index contributed by atoms with van der Waals surface area (Å²) in [5, 5.41) is 9.44. The van der Waals surface area contributed by atoms with Crippen molar-refractivity contribution in [2.24, 2.45) is 0 Å². The Morgan fingerprint density at radius 1 is 1.03 bits per heavy atom. The van der Waals surface area contributed by atoms with Gasteiger partial charge in [0.25, 0.3) is 0 Å². The normalized spacial score (nSPS) is 11.5. The Morgan fingerprint density at radius 2 is 1.67 bits per heavy atom. The minimum atomic E-state index is -0.310. The van der Waals surface area contributed by atoms with Crippen LogP contribution in [0.5, 0.6) is 17.2 Å². The molecule has 4 heteroatoms. The van der Waals surface area contributed by atoms with E-state index in [1.807, 2.05) is 25.1 Å². The number of aromatic hydroxyl groups is 1. The summed E-state index contributed by atoms with van der Waals surface area (Å²) in [5.41, 5.74) is 1.93. The smallest absolute Gasteiger partial charge is 0.185 e. The molecule has 0 atom stereocenters. The van der Waals surface area contributed by atoms with Gasteiger partial charge in [0.05, 0.1) is 18.8 Å². The number of allylic oxidation sites excluding steroid dienone is 2. The number of hydrogen-bond donors (Lipinski definition) is 1. The molecule has 0 saturated carbocycles. The minimum absolute atomic E-state index is 0.125. The van der Waals surface area contributed by atoms with Gasteiger partial charge in [-0.2, -0.15) is 0 Å². The van der Waals surface area contributed by atoms with Gasteiger partial charge in [0, 0.05) is 16.5 Å². The number of ketones is 1. The number of ether oxygens (including phenoxy) is 2. The Bertz CT molecular complexity index is 892. The highest BCUT2D eigenvalue weighted by Crippen LogP contribution is 2.40. The van der Waals surface area contributed by atoms with Gasteiger partial charge in [-0.25, -0.2) is 0 Å². The van der Waals surface area contributed by atoms with E-state index in [0.717, 1.165) is 24.0 Å². The van der Waals surface area contributed by atoms with Gasteiger partial charge in [0.1, 0.15) is 17.2 Å². The molecule has 0 spiro atoms. The lowest BCUT2D eigenvalue weighted by Crippen LogP contribution is -2.16. The standard InChI is InChI=1S/C26H32O4/c1-6-17-29-24-16-14-22(26(4,5)8-3)25(30-18-7-2)21(24)13-15-23(28)19-9-11-20(27)12-10-19/h8-16,27H,3,6-7,17-18H2,1-2,4-5H3/b15-13+. The summed E-state index contributed by atoms with van der Waals surface area (Å²) in [7, 11) is 0. The largest absolute Gasteiger partial charge is 0.508 e. The van der Waals surface area contributed by atoms with Crippen LogP contribution in [-0.4, -0.2) is 24.1 Å². The SMILES string of the molecule is C=CC(C)(C)c1ccc(OCCC)c(/C=C/C(=O)c2ccc(O)cc2)c1OCCC. The van der Waals surface area contributed by atoms with Crippen LogP contribution in [0.3, 0.4) is 0 Å². The fourth-order valence-electron chi connectivity index (χ4n) is 2.94. The van der Waals surface area contributed by atoms with E-state index in [4.69, 9.17) is 9.47 Å². The fraction of sp³-hybridized carbons (Fsp3) is 0.346. The molecule has 4 nitrogen and oxygen atoms in total. The highest BCUT2D eigenvalue weighted by atomic mass is 16.5. The average Bonchev–Trinajstić information content (AvgIpc) is 2.75. The number of hydrogen-bond acceptors (Lipinski definition) is 4. The van der Waals surface area contributed by atoms with Crippen molar-refractivity contribution in [2.75, 3.05) is 13.2 Å². The Hall–Kier alpha value is -3.01. The molecule has 2 aromatic rings. The number of rotatable bonds is 11. The minimum Gasteiger partial charge on any atom is -0.508 e. The van der Waals surface area contributed by atoms with Crippen molar-refractivity contribution >= 4 is 11.9 Å². The lowest BCUT2D eigenvalue weighted by atomic mass is 9.83. The van der Waals surface area contributed by atoms with Crippen LogP contribution in [0.2, 0.25) is 0 Å². The molecule has 0 heterocycles. The van der Waals surface area contributed by atoms with Gasteiger partial charge >= 0.3 is 0 Å². The van der Waals surface area contributed by atoms with Crippen molar-refractivity contribution in [3.05, 3.63) is 71.8 Å². The summed E-state index contributed by atoms with van der Waals surface area (Å²) in [6, 6.07) is 10.1. The third-order valence-electron chi connectivity index (χ3n) is 4.83. The molecule has 1 N–H and O–H groups in total. The third-order valence-corrected chi connectivity index (χ3v) is 4.83. The van der Waals surface area contributed by atoms with Crippen molar-refractivity contribution in [3.8, 4) is 17.2 Å². The second-order valence-electron chi connectivity index (χ2n) is 7.72. The zero-order valence-electron chi connectivity index (χ0n) is 18.4. The molecule has 30 heavy (non-hydrogen) atoms. The topological polar surface area (TPSA) is 55.8 Å². The zero-order valence-corrected chi connectivity index (χ0v) is 18.4. The maximum absolute atomic E-state index is 12.7. The van der Waals surface area contributed by atoms with E-state index < -0.39 is 0 Å². The lowest BCUT2D eigenvalue weighted by Gasteiger charge is -2.26. The van der Waals surface area contributed by atoms with E-state index in [9.17, 15) is 9.90 Å². The summed E-state index contributed by atoms with van der Waals surface area (Å²) >= 11 is 0.